The van der Waals surface area contributed by atoms with Gasteiger partial charge in [-0.2, -0.15) is 11.8 Å². The molecular formula is C17H20N4O3S. The number of amides is 2. The van der Waals surface area contributed by atoms with Gasteiger partial charge in [-0.15, -0.1) is 0 Å². The molecule has 2 amide bonds. The van der Waals surface area contributed by atoms with E-state index in [4.69, 9.17) is 4.42 Å². The summed E-state index contributed by atoms with van der Waals surface area (Å²) >= 11 is 1.65. The molecule has 0 aromatic carbocycles. The summed E-state index contributed by atoms with van der Waals surface area (Å²) < 4.78 is 5.61. The molecule has 2 aromatic heterocycles. The maximum absolute atomic E-state index is 12.6. The number of carbonyl (C=O) groups excluding carboxylic acids is 2. The molecule has 0 bridgehead atoms. The van der Waals surface area contributed by atoms with E-state index < -0.39 is 0 Å². The van der Waals surface area contributed by atoms with Crippen molar-refractivity contribution in [2.24, 2.45) is 0 Å². The minimum absolute atomic E-state index is 0.124. The highest BCUT2D eigenvalue weighted by Crippen LogP contribution is 2.16. The van der Waals surface area contributed by atoms with E-state index in [1.807, 2.05) is 12.3 Å². The molecule has 0 spiro atoms. The molecule has 3 rings (SSSR count). The van der Waals surface area contributed by atoms with Crippen molar-refractivity contribution < 1.29 is 14.0 Å². The number of carbonyl (C=O) groups is 2. The zero-order valence-corrected chi connectivity index (χ0v) is 14.9. The number of rotatable bonds is 4. The van der Waals surface area contributed by atoms with Gasteiger partial charge in [0.05, 0.1) is 11.9 Å². The van der Waals surface area contributed by atoms with E-state index in [0.29, 0.717) is 37.6 Å². The van der Waals surface area contributed by atoms with Crippen LogP contribution in [0.2, 0.25) is 0 Å². The van der Waals surface area contributed by atoms with Gasteiger partial charge in [0.15, 0.2) is 5.76 Å². The fourth-order valence-electron chi connectivity index (χ4n) is 2.76. The highest BCUT2D eigenvalue weighted by Gasteiger charge is 2.25. The summed E-state index contributed by atoms with van der Waals surface area (Å²) in [5.74, 6) is 1.62. The van der Waals surface area contributed by atoms with Crippen LogP contribution < -0.4 is 0 Å². The molecule has 0 atom stereocenters. The van der Waals surface area contributed by atoms with Crippen LogP contribution in [0.5, 0.6) is 0 Å². The SMILES string of the molecule is CSCc1ccc(C(=O)N2CCCN(C(=O)c3cnccn3)CC2)o1. The summed E-state index contributed by atoms with van der Waals surface area (Å²) in [6, 6.07) is 3.56. The largest absolute Gasteiger partial charge is 0.455 e. The Kier molecular flexibility index (Phi) is 5.70. The second-order valence-corrected chi connectivity index (χ2v) is 6.59. The molecule has 1 fully saturated rings. The van der Waals surface area contributed by atoms with Gasteiger partial charge in [0.25, 0.3) is 11.8 Å². The van der Waals surface area contributed by atoms with Crippen LogP contribution in [0.25, 0.3) is 0 Å². The van der Waals surface area contributed by atoms with Gasteiger partial charge in [0.2, 0.25) is 0 Å². The van der Waals surface area contributed by atoms with Gasteiger partial charge < -0.3 is 14.2 Å². The maximum Gasteiger partial charge on any atom is 0.289 e. The molecule has 2 aromatic rings. The number of hydrogen-bond acceptors (Lipinski definition) is 6. The van der Waals surface area contributed by atoms with Crippen LogP contribution in [-0.4, -0.2) is 64.0 Å². The lowest BCUT2D eigenvalue weighted by atomic mass is 10.3. The van der Waals surface area contributed by atoms with Gasteiger partial charge in [0.1, 0.15) is 11.5 Å². The van der Waals surface area contributed by atoms with Crippen LogP contribution in [0.3, 0.4) is 0 Å². The van der Waals surface area contributed by atoms with Crippen LogP contribution in [0.1, 0.15) is 33.2 Å². The normalized spacial score (nSPS) is 15.1. The summed E-state index contributed by atoms with van der Waals surface area (Å²) in [7, 11) is 0. The van der Waals surface area contributed by atoms with Crippen molar-refractivity contribution in [1.82, 2.24) is 19.8 Å². The summed E-state index contributed by atoms with van der Waals surface area (Å²) in [4.78, 5) is 36.5. The first-order valence-corrected chi connectivity index (χ1v) is 9.50. The Bertz CT molecular complexity index is 735. The van der Waals surface area contributed by atoms with Crippen LogP contribution >= 0.6 is 11.8 Å². The van der Waals surface area contributed by atoms with Gasteiger partial charge in [-0.05, 0) is 24.8 Å². The summed E-state index contributed by atoms with van der Waals surface area (Å²) in [5.41, 5.74) is 0.329. The first-order chi connectivity index (χ1) is 12.2. The van der Waals surface area contributed by atoms with Gasteiger partial charge in [0, 0.05) is 38.6 Å². The molecule has 7 nitrogen and oxygen atoms in total. The number of hydrogen-bond donors (Lipinski definition) is 0. The molecule has 25 heavy (non-hydrogen) atoms. The lowest BCUT2D eigenvalue weighted by molar-refractivity contribution is 0.0697. The summed E-state index contributed by atoms with van der Waals surface area (Å²) in [6.07, 6.45) is 7.21. The first-order valence-electron chi connectivity index (χ1n) is 8.11. The zero-order chi connectivity index (χ0) is 17.6. The average Bonchev–Trinajstić information content (AvgIpc) is 2.97. The molecule has 3 heterocycles. The van der Waals surface area contributed by atoms with Crippen molar-refractivity contribution in [3.05, 3.63) is 47.9 Å². The number of furan rings is 1. The first kappa shape index (κ1) is 17.5. The van der Waals surface area contributed by atoms with Crippen LogP contribution in [-0.2, 0) is 5.75 Å². The monoisotopic (exact) mass is 360 g/mol. The van der Waals surface area contributed by atoms with Crippen molar-refractivity contribution >= 4 is 23.6 Å². The predicted octanol–water partition coefficient (Wildman–Crippen LogP) is 1.92. The van der Waals surface area contributed by atoms with Crippen LogP contribution in [0.4, 0.5) is 0 Å². The third-order valence-corrected chi connectivity index (χ3v) is 4.58. The van der Waals surface area contributed by atoms with Gasteiger partial charge in [-0.3, -0.25) is 14.6 Å². The Labute approximate surface area is 150 Å². The lowest BCUT2D eigenvalue weighted by Gasteiger charge is -2.21. The molecule has 132 valence electrons. The summed E-state index contributed by atoms with van der Waals surface area (Å²) in [6.45, 7) is 2.14. The van der Waals surface area contributed by atoms with E-state index in [-0.39, 0.29) is 11.8 Å². The lowest BCUT2D eigenvalue weighted by Crippen LogP contribution is -2.37. The fourth-order valence-corrected chi connectivity index (χ4v) is 3.20. The molecule has 1 saturated heterocycles. The quantitative estimate of drug-likeness (QED) is 0.829. The maximum atomic E-state index is 12.6. The van der Waals surface area contributed by atoms with Crippen molar-refractivity contribution in [1.29, 1.82) is 0 Å². The third-order valence-electron chi connectivity index (χ3n) is 4.01. The molecule has 0 N–H and O–H groups in total. The minimum Gasteiger partial charge on any atom is -0.455 e. The van der Waals surface area contributed by atoms with Crippen LogP contribution in [0, 0.1) is 0 Å². The van der Waals surface area contributed by atoms with Crippen molar-refractivity contribution in [3.63, 3.8) is 0 Å². The third kappa shape index (κ3) is 4.19. The molecule has 0 radical (unpaired) electrons. The predicted molar refractivity (Wildman–Crippen MR) is 94.4 cm³/mol. The molecule has 0 saturated carbocycles. The molecular weight excluding hydrogens is 340 g/mol. The smallest absolute Gasteiger partial charge is 0.289 e. The molecule has 0 unspecified atom stereocenters. The molecule has 1 aliphatic heterocycles. The van der Waals surface area contributed by atoms with E-state index >= 15 is 0 Å². The van der Waals surface area contributed by atoms with Crippen molar-refractivity contribution in [2.45, 2.75) is 12.2 Å². The molecule has 1 aliphatic rings. The average molecular weight is 360 g/mol. The second kappa shape index (κ2) is 8.15. The van der Waals surface area contributed by atoms with Crippen molar-refractivity contribution in [2.75, 3.05) is 32.4 Å². The molecule has 0 aliphatic carbocycles. The fraction of sp³-hybridized carbons (Fsp3) is 0.412. The highest BCUT2D eigenvalue weighted by atomic mass is 32.2. The van der Waals surface area contributed by atoms with Crippen LogP contribution in [0.15, 0.2) is 35.1 Å². The number of nitrogens with zero attached hydrogens (tertiary/aromatic N) is 4. The van der Waals surface area contributed by atoms with E-state index in [2.05, 4.69) is 9.97 Å². The summed E-state index contributed by atoms with van der Waals surface area (Å²) in [5, 5.41) is 0. The van der Waals surface area contributed by atoms with E-state index in [1.54, 1.807) is 27.6 Å². The number of aromatic nitrogens is 2. The van der Waals surface area contributed by atoms with E-state index in [9.17, 15) is 9.59 Å². The molecule has 8 heteroatoms. The van der Waals surface area contributed by atoms with E-state index in [1.165, 1.54) is 18.6 Å². The standard InChI is InChI=1S/C17H20N4O3S/c1-25-12-13-3-4-15(24-13)17(23)21-8-2-7-20(9-10-21)16(22)14-11-18-5-6-19-14/h3-6,11H,2,7-10,12H2,1H3. The van der Waals surface area contributed by atoms with Gasteiger partial charge >= 0.3 is 0 Å². The topological polar surface area (TPSA) is 79.5 Å². The Morgan fingerprint density at radius 3 is 2.56 bits per heavy atom. The highest BCUT2D eigenvalue weighted by molar-refractivity contribution is 7.97. The zero-order valence-electron chi connectivity index (χ0n) is 14.1. The van der Waals surface area contributed by atoms with E-state index in [0.717, 1.165) is 17.9 Å². The Morgan fingerprint density at radius 1 is 1.12 bits per heavy atom. The minimum atomic E-state index is -0.150. The van der Waals surface area contributed by atoms with Crippen molar-refractivity contribution in [3.8, 4) is 0 Å². The van der Waals surface area contributed by atoms with Gasteiger partial charge in [-0.1, -0.05) is 0 Å². The Morgan fingerprint density at radius 2 is 1.88 bits per heavy atom. The Hall–Kier alpha value is -2.35. The second-order valence-electron chi connectivity index (χ2n) is 5.73. The van der Waals surface area contributed by atoms with Gasteiger partial charge in [-0.25, -0.2) is 4.98 Å². The Balaban J connectivity index is 1.62. The number of thioether (sulfide) groups is 1.